The second-order valence-corrected chi connectivity index (χ2v) is 6.77. The molecule has 1 unspecified atom stereocenters. The first-order valence-electron chi connectivity index (χ1n) is 6.60. The number of hydrogen-bond acceptors (Lipinski definition) is 3. The minimum atomic E-state index is 0.441. The molecule has 1 N–H and O–H groups in total. The van der Waals surface area contributed by atoms with Crippen LogP contribution in [0.25, 0.3) is 10.8 Å². The molecule has 102 valence electrons. The predicted molar refractivity (Wildman–Crippen MR) is 90.1 cm³/mol. The quantitative estimate of drug-likeness (QED) is 0.755. The largest absolute Gasteiger partial charge is 0.367 e. The zero-order chi connectivity index (χ0) is 13.7. The van der Waals surface area contributed by atoms with Gasteiger partial charge in [0.2, 0.25) is 0 Å². The Labute approximate surface area is 127 Å². The van der Waals surface area contributed by atoms with Gasteiger partial charge in [0.25, 0.3) is 0 Å². The molecule has 2 nitrogen and oxygen atoms in total. The lowest BCUT2D eigenvalue weighted by Crippen LogP contribution is -2.17. The van der Waals surface area contributed by atoms with E-state index in [1.807, 2.05) is 24.0 Å². The van der Waals surface area contributed by atoms with E-state index in [-0.39, 0.29) is 0 Å². The van der Waals surface area contributed by atoms with Crippen LogP contribution in [0.2, 0.25) is 0 Å². The van der Waals surface area contributed by atoms with Gasteiger partial charge in [-0.2, -0.15) is 11.8 Å². The zero-order valence-electron chi connectivity index (χ0n) is 11.3. The van der Waals surface area contributed by atoms with Gasteiger partial charge in [-0.25, -0.2) is 4.98 Å². The normalized spacial score (nSPS) is 12.6. The number of thioether (sulfide) groups is 1. The Balaban J connectivity index is 2.14. The highest BCUT2D eigenvalue weighted by Crippen LogP contribution is 2.28. The Kier molecular flexibility index (Phi) is 5.52. The van der Waals surface area contributed by atoms with E-state index in [9.17, 15) is 0 Å². The van der Waals surface area contributed by atoms with E-state index in [4.69, 9.17) is 0 Å². The molecule has 4 heteroatoms. The van der Waals surface area contributed by atoms with Crippen LogP contribution in [-0.4, -0.2) is 22.5 Å². The van der Waals surface area contributed by atoms with Crippen LogP contribution in [0, 0.1) is 0 Å². The van der Waals surface area contributed by atoms with Gasteiger partial charge in [0, 0.05) is 27.5 Å². The first-order chi connectivity index (χ1) is 9.22. The highest BCUT2D eigenvalue weighted by molar-refractivity contribution is 9.10. The van der Waals surface area contributed by atoms with Gasteiger partial charge in [-0.15, -0.1) is 0 Å². The predicted octanol–water partition coefficient (Wildman–Crippen LogP) is 4.94. The summed E-state index contributed by atoms with van der Waals surface area (Å²) in [4.78, 5) is 4.48. The molecule has 1 aromatic heterocycles. The summed E-state index contributed by atoms with van der Waals surface area (Å²) in [6.45, 7) is 4.42. The van der Waals surface area contributed by atoms with Crippen LogP contribution in [0.1, 0.15) is 20.3 Å². The molecular weight excluding hydrogens is 320 g/mol. The summed E-state index contributed by atoms with van der Waals surface area (Å²) in [7, 11) is 0. The van der Waals surface area contributed by atoms with Gasteiger partial charge < -0.3 is 5.32 Å². The number of nitrogens with one attached hydrogen (secondary N) is 1. The lowest BCUT2D eigenvalue weighted by atomic mass is 10.1. The fourth-order valence-corrected chi connectivity index (χ4v) is 3.30. The van der Waals surface area contributed by atoms with Crippen LogP contribution in [0.15, 0.2) is 34.9 Å². The molecule has 19 heavy (non-hydrogen) atoms. The minimum absolute atomic E-state index is 0.441. The number of anilines is 1. The smallest absolute Gasteiger partial charge is 0.134 e. The van der Waals surface area contributed by atoms with E-state index in [1.54, 1.807) is 0 Å². The fourth-order valence-electron chi connectivity index (χ4n) is 1.99. The Bertz CT molecular complexity index is 545. The topological polar surface area (TPSA) is 24.9 Å². The molecule has 1 atom stereocenters. The number of rotatable bonds is 6. The molecular formula is C15H19BrN2S. The van der Waals surface area contributed by atoms with E-state index in [0.29, 0.717) is 6.04 Å². The lowest BCUT2D eigenvalue weighted by Gasteiger charge is -2.16. The monoisotopic (exact) mass is 338 g/mol. The average molecular weight is 339 g/mol. The average Bonchev–Trinajstić information content (AvgIpc) is 2.40. The van der Waals surface area contributed by atoms with Gasteiger partial charge in [-0.3, -0.25) is 0 Å². The first kappa shape index (κ1) is 14.7. The van der Waals surface area contributed by atoms with Crippen molar-refractivity contribution in [1.29, 1.82) is 0 Å². The number of halogens is 1. The second-order valence-electron chi connectivity index (χ2n) is 4.53. The molecule has 0 fully saturated rings. The van der Waals surface area contributed by atoms with Crippen molar-refractivity contribution in [3.05, 3.63) is 34.9 Å². The van der Waals surface area contributed by atoms with Crippen LogP contribution in [0.3, 0.4) is 0 Å². The molecule has 0 radical (unpaired) electrons. The van der Waals surface area contributed by atoms with Gasteiger partial charge in [0.05, 0.1) is 0 Å². The highest BCUT2D eigenvalue weighted by atomic mass is 79.9. The molecule has 0 aliphatic rings. The maximum absolute atomic E-state index is 4.48. The molecule has 1 aromatic carbocycles. The molecule has 0 saturated heterocycles. The first-order valence-corrected chi connectivity index (χ1v) is 8.54. The van der Waals surface area contributed by atoms with E-state index in [0.717, 1.165) is 16.7 Å². The molecule has 0 bridgehead atoms. The van der Waals surface area contributed by atoms with Crippen LogP contribution >= 0.6 is 27.7 Å². The molecule has 2 rings (SSSR count). The van der Waals surface area contributed by atoms with Gasteiger partial charge in [0.15, 0.2) is 0 Å². The van der Waals surface area contributed by atoms with Crippen molar-refractivity contribution in [2.75, 3.05) is 16.8 Å². The number of pyridine rings is 1. The van der Waals surface area contributed by atoms with Crippen molar-refractivity contribution in [3.63, 3.8) is 0 Å². The van der Waals surface area contributed by atoms with E-state index in [1.165, 1.54) is 22.3 Å². The SMILES string of the molecule is CCSCCC(C)Nc1nccc2c(Br)cccc12. The van der Waals surface area contributed by atoms with Crippen LogP contribution in [0.4, 0.5) is 5.82 Å². The highest BCUT2D eigenvalue weighted by Gasteiger charge is 2.07. The van der Waals surface area contributed by atoms with E-state index < -0.39 is 0 Å². The molecule has 0 aliphatic heterocycles. The van der Waals surface area contributed by atoms with Crippen LogP contribution in [-0.2, 0) is 0 Å². The number of hydrogen-bond donors (Lipinski definition) is 1. The summed E-state index contributed by atoms with van der Waals surface area (Å²) >= 11 is 5.57. The van der Waals surface area contributed by atoms with Crippen molar-refractivity contribution in [2.24, 2.45) is 0 Å². The molecule has 0 aliphatic carbocycles. The Morgan fingerprint density at radius 1 is 1.32 bits per heavy atom. The molecule has 0 saturated carbocycles. The summed E-state index contributed by atoms with van der Waals surface area (Å²) in [5, 5.41) is 5.90. The Morgan fingerprint density at radius 2 is 2.16 bits per heavy atom. The maximum atomic E-state index is 4.48. The number of nitrogens with zero attached hydrogens (tertiary/aromatic N) is 1. The van der Waals surface area contributed by atoms with Gasteiger partial charge in [-0.05, 0) is 37.0 Å². The van der Waals surface area contributed by atoms with Crippen molar-refractivity contribution in [2.45, 2.75) is 26.3 Å². The lowest BCUT2D eigenvalue weighted by molar-refractivity contribution is 0.768. The second kappa shape index (κ2) is 7.15. The fraction of sp³-hybridized carbons (Fsp3) is 0.400. The maximum Gasteiger partial charge on any atom is 0.134 e. The van der Waals surface area contributed by atoms with Crippen molar-refractivity contribution >= 4 is 44.3 Å². The summed E-state index contributed by atoms with van der Waals surface area (Å²) < 4.78 is 1.12. The summed E-state index contributed by atoms with van der Waals surface area (Å²) in [6.07, 6.45) is 3.02. The molecule has 2 aromatic rings. The summed E-state index contributed by atoms with van der Waals surface area (Å²) in [6, 6.07) is 8.71. The van der Waals surface area contributed by atoms with Crippen LogP contribution in [0.5, 0.6) is 0 Å². The summed E-state index contributed by atoms with van der Waals surface area (Å²) in [5.41, 5.74) is 0. The third-order valence-corrected chi connectivity index (χ3v) is 4.66. The van der Waals surface area contributed by atoms with E-state index >= 15 is 0 Å². The van der Waals surface area contributed by atoms with Crippen molar-refractivity contribution in [1.82, 2.24) is 4.98 Å². The van der Waals surface area contributed by atoms with Crippen LogP contribution < -0.4 is 5.32 Å². The number of benzene rings is 1. The van der Waals surface area contributed by atoms with Gasteiger partial charge >= 0.3 is 0 Å². The Morgan fingerprint density at radius 3 is 2.95 bits per heavy atom. The van der Waals surface area contributed by atoms with Crippen molar-refractivity contribution < 1.29 is 0 Å². The zero-order valence-corrected chi connectivity index (χ0v) is 13.7. The van der Waals surface area contributed by atoms with Gasteiger partial charge in [0.1, 0.15) is 5.82 Å². The number of aromatic nitrogens is 1. The Hall–Kier alpha value is -0.740. The molecule has 0 amide bonds. The summed E-state index contributed by atoms with van der Waals surface area (Å²) in [5.74, 6) is 3.36. The number of fused-ring (bicyclic) bond motifs is 1. The third-order valence-electron chi connectivity index (χ3n) is 3.04. The van der Waals surface area contributed by atoms with Crippen molar-refractivity contribution in [3.8, 4) is 0 Å². The molecule has 0 spiro atoms. The molecule has 1 heterocycles. The van der Waals surface area contributed by atoms with Gasteiger partial charge in [-0.1, -0.05) is 35.0 Å². The minimum Gasteiger partial charge on any atom is -0.367 e. The van der Waals surface area contributed by atoms with E-state index in [2.05, 4.69) is 58.3 Å². The standard InChI is InChI=1S/C15H19BrN2S/c1-3-19-10-8-11(2)18-15-13-5-4-6-14(16)12(13)7-9-17-15/h4-7,9,11H,3,8,10H2,1-2H3,(H,17,18). The third kappa shape index (κ3) is 3.86.